The van der Waals surface area contributed by atoms with Crippen LogP contribution in [0.5, 0.6) is 5.75 Å². The van der Waals surface area contributed by atoms with E-state index in [0.717, 1.165) is 22.6 Å². The van der Waals surface area contributed by atoms with E-state index in [2.05, 4.69) is 13.8 Å². The first-order valence-corrected chi connectivity index (χ1v) is 7.46. The van der Waals surface area contributed by atoms with Gasteiger partial charge in [-0.05, 0) is 54.3 Å². The minimum absolute atomic E-state index is 0.123. The van der Waals surface area contributed by atoms with Crippen molar-refractivity contribution in [1.82, 2.24) is 4.57 Å². The normalized spacial score (nSPS) is 11.0. The number of hydrogen-bond acceptors (Lipinski definition) is 3. The number of aromatic nitrogens is 1. The van der Waals surface area contributed by atoms with Crippen LogP contribution in [0.4, 0.5) is 0 Å². The predicted molar refractivity (Wildman–Crippen MR) is 88.2 cm³/mol. The average molecular weight is 301 g/mol. The topological polar surface area (TPSA) is 51.5 Å². The van der Waals surface area contributed by atoms with E-state index in [1.807, 2.05) is 31.2 Å². The van der Waals surface area contributed by atoms with Gasteiger partial charge in [0.2, 0.25) is 0 Å². The number of nitrogens with zero attached hydrogens (tertiary/aromatic N) is 1. The zero-order chi connectivity index (χ0) is 16.3. The Hall–Kier alpha value is -2.07. The van der Waals surface area contributed by atoms with Crippen LogP contribution < -0.4 is 10.3 Å². The largest absolute Gasteiger partial charge is 0.496 e. The SMILES string of the molecule is COc1ccc(-c2ccc(CO)c(=O)n2CC(C)C)cc1C. The Morgan fingerprint density at radius 1 is 1.23 bits per heavy atom. The van der Waals surface area contributed by atoms with E-state index in [1.165, 1.54) is 0 Å². The minimum Gasteiger partial charge on any atom is -0.496 e. The molecule has 1 aromatic carbocycles. The summed E-state index contributed by atoms with van der Waals surface area (Å²) < 4.78 is 7.04. The fourth-order valence-electron chi connectivity index (χ4n) is 2.58. The molecule has 0 bridgehead atoms. The number of aryl methyl sites for hydroxylation is 1. The number of methoxy groups -OCH3 is 1. The first-order chi connectivity index (χ1) is 10.5. The van der Waals surface area contributed by atoms with Crippen molar-refractivity contribution in [3.63, 3.8) is 0 Å². The van der Waals surface area contributed by atoms with Crippen molar-refractivity contribution >= 4 is 0 Å². The Morgan fingerprint density at radius 2 is 1.95 bits per heavy atom. The Bertz CT molecular complexity index is 717. The molecule has 0 saturated heterocycles. The summed E-state index contributed by atoms with van der Waals surface area (Å²) in [6.07, 6.45) is 0. The summed E-state index contributed by atoms with van der Waals surface area (Å²) in [5.74, 6) is 1.17. The van der Waals surface area contributed by atoms with Crippen molar-refractivity contribution in [2.45, 2.75) is 33.9 Å². The van der Waals surface area contributed by atoms with Crippen molar-refractivity contribution in [1.29, 1.82) is 0 Å². The Balaban J connectivity index is 2.61. The number of benzene rings is 1. The summed E-state index contributed by atoms with van der Waals surface area (Å²) in [7, 11) is 1.65. The number of ether oxygens (including phenoxy) is 1. The first-order valence-electron chi connectivity index (χ1n) is 7.46. The van der Waals surface area contributed by atoms with Crippen molar-refractivity contribution in [2.24, 2.45) is 5.92 Å². The number of pyridine rings is 1. The Kier molecular flexibility index (Phi) is 5.03. The van der Waals surface area contributed by atoms with Crippen LogP contribution in [-0.2, 0) is 13.2 Å². The molecule has 0 radical (unpaired) electrons. The quantitative estimate of drug-likeness (QED) is 0.923. The summed E-state index contributed by atoms with van der Waals surface area (Å²) >= 11 is 0. The molecule has 4 heteroatoms. The van der Waals surface area contributed by atoms with Gasteiger partial charge >= 0.3 is 0 Å². The van der Waals surface area contributed by atoms with E-state index < -0.39 is 0 Å². The summed E-state index contributed by atoms with van der Waals surface area (Å²) in [5, 5.41) is 9.32. The van der Waals surface area contributed by atoms with Gasteiger partial charge in [-0.3, -0.25) is 4.79 Å². The van der Waals surface area contributed by atoms with Crippen molar-refractivity contribution in [3.05, 3.63) is 51.8 Å². The van der Waals surface area contributed by atoms with Gasteiger partial charge in [-0.15, -0.1) is 0 Å². The fourth-order valence-corrected chi connectivity index (χ4v) is 2.58. The minimum atomic E-state index is -0.237. The van der Waals surface area contributed by atoms with Gasteiger partial charge in [0.15, 0.2) is 0 Å². The molecule has 0 aliphatic heterocycles. The van der Waals surface area contributed by atoms with Crippen molar-refractivity contribution < 1.29 is 9.84 Å². The lowest BCUT2D eigenvalue weighted by molar-refractivity contribution is 0.279. The maximum absolute atomic E-state index is 12.5. The summed E-state index contributed by atoms with van der Waals surface area (Å²) in [6, 6.07) is 9.48. The molecule has 1 N–H and O–H groups in total. The second-order valence-electron chi connectivity index (χ2n) is 5.90. The van der Waals surface area contributed by atoms with Crippen LogP contribution in [0.15, 0.2) is 35.1 Å². The number of aliphatic hydroxyl groups is 1. The van der Waals surface area contributed by atoms with Crippen LogP contribution in [-0.4, -0.2) is 16.8 Å². The zero-order valence-electron chi connectivity index (χ0n) is 13.6. The van der Waals surface area contributed by atoms with E-state index in [-0.39, 0.29) is 12.2 Å². The van der Waals surface area contributed by atoms with Crippen LogP contribution in [0.3, 0.4) is 0 Å². The fraction of sp³-hybridized carbons (Fsp3) is 0.389. The molecule has 22 heavy (non-hydrogen) atoms. The average Bonchev–Trinajstić information content (AvgIpc) is 2.48. The van der Waals surface area contributed by atoms with Crippen LogP contribution in [0.1, 0.15) is 25.0 Å². The predicted octanol–water partition coefficient (Wildman–Crippen LogP) is 2.98. The molecular formula is C18H23NO3. The van der Waals surface area contributed by atoms with Gasteiger partial charge in [-0.25, -0.2) is 0 Å². The van der Waals surface area contributed by atoms with Gasteiger partial charge in [-0.1, -0.05) is 13.8 Å². The van der Waals surface area contributed by atoms with Crippen LogP contribution >= 0.6 is 0 Å². The van der Waals surface area contributed by atoms with Gasteiger partial charge in [0, 0.05) is 12.1 Å². The molecule has 0 atom stereocenters. The maximum Gasteiger partial charge on any atom is 0.256 e. The molecule has 1 aromatic heterocycles. The van der Waals surface area contributed by atoms with Crippen molar-refractivity contribution in [3.8, 4) is 17.0 Å². The molecule has 0 saturated carbocycles. The van der Waals surface area contributed by atoms with Gasteiger partial charge in [0.25, 0.3) is 5.56 Å². The highest BCUT2D eigenvalue weighted by Crippen LogP contribution is 2.26. The third-order valence-corrected chi connectivity index (χ3v) is 3.66. The highest BCUT2D eigenvalue weighted by atomic mass is 16.5. The molecule has 2 rings (SSSR count). The molecule has 4 nitrogen and oxygen atoms in total. The van der Waals surface area contributed by atoms with E-state index in [9.17, 15) is 9.90 Å². The number of aliphatic hydroxyl groups excluding tert-OH is 1. The molecule has 0 unspecified atom stereocenters. The molecule has 0 spiro atoms. The lowest BCUT2D eigenvalue weighted by Gasteiger charge is -2.17. The van der Waals surface area contributed by atoms with E-state index in [4.69, 9.17) is 4.74 Å². The zero-order valence-corrected chi connectivity index (χ0v) is 13.6. The third kappa shape index (κ3) is 3.22. The molecule has 0 fully saturated rings. The monoisotopic (exact) mass is 301 g/mol. The van der Waals surface area contributed by atoms with Crippen molar-refractivity contribution in [2.75, 3.05) is 7.11 Å². The highest BCUT2D eigenvalue weighted by molar-refractivity contribution is 5.62. The van der Waals surface area contributed by atoms with E-state index in [1.54, 1.807) is 17.7 Å². The van der Waals surface area contributed by atoms with Gasteiger partial charge < -0.3 is 14.4 Å². The summed E-state index contributed by atoms with van der Waals surface area (Å²) in [6.45, 7) is 6.50. The smallest absolute Gasteiger partial charge is 0.256 e. The van der Waals surface area contributed by atoms with E-state index in [0.29, 0.717) is 18.0 Å². The maximum atomic E-state index is 12.5. The Morgan fingerprint density at radius 3 is 2.50 bits per heavy atom. The second-order valence-corrected chi connectivity index (χ2v) is 5.90. The molecule has 2 aromatic rings. The van der Waals surface area contributed by atoms with Gasteiger partial charge in [-0.2, -0.15) is 0 Å². The van der Waals surface area contributed by atoms with Gasteiger partial charge in [0.05, 0.1) is 19.4 Å². The van der Waals surface area contributed by atoms with Crippen LogP contribution in [0, 0.1) is 12.8 Å². The third-order valence-electron chi connectivity index (χ3n) is 3.66. The molecule has 0 amide bonds. The molecule has 118 valence electrons. The lowest BCUT2D eigenvalue weighted by atomic mass is 10.1. The molecule has 0 aliphatic carbocycles. The molecule has 0 aliphatic rings. The number of rotatable bonds is 5. The Labute approximate surface area is 131 Å². The van der Waals surface area contributed by atoms with E-state index >= 15 is 0 Å². The second kappa shape index (κ2) is 6.79. The molecule has 1 heterocycles. The summed E-state index contributed by atoms with van der Waals surface area (Å²) in [5.41, 5.74) is 3.16. The lowest BCUT2D eigenvalue weighted by Crippen LogP contribution is -2.27. The van der Waals surface area contributed by atoms with Gasteiger partial charge in [0.1, 0.15) is 5.75 Å². The number of hydrogen-bond donors (Lipinski definition) is 1. The standard InChI is InChI=1S/C18H23NO3/c1-12(2)10-19-16(7-5-15(11-20)18(19)21)14-6-8-17(22-4)13(3)9-14/h5-9,12,20H,10-11H2,1-4H3. The summed E-state index contributed by atoms with van der Waals surface area (Å²) in [4.78, 5) is 12.5. The first kappa shape index (κ1) is 16.3. The van der Waals surface area contributed by atoms with Crippen LogP contribution in [0.25, 0.3) is 11.3 Å². The molecular weight excluding hydrogens is 278 g/mol. The van der Waals surface area contributed by atoms with Crippen LogP contribution in [0.2, 0.25) is 0 Å². The highest BCUT2D eigenvalue weighted by Gasteiger charge is 2.12.